The molecule has 1 aromatic rings. The van der Waals surface area contributed by atoms with Crippen molar-refractivity contribution in [3.8, 4) is 0 Å². The summed E-state index contributed by atoms with van der Waals surface area (Å²) in [5.41, 5.74) is 0. The zero-order chi connectivity index (χ0) is 14.3. The Kier molecular flexibility index (Phi) is 3.99. The predicted octanol–water partition coefficient (Wildman–Crippen LogP) is 2.37. The maximum atomic E-state index is 12.8. The first-order chi connectivity index (χ1) is 9.48. The molecule has 2 atom stereocenters. The Balaban J connectivity index is 1.98. The molecule has 2 aliphatic heterocycles. The first kappa shape index (κ1) is 14.6. The number of hydrogen-bond donors (Lipinski definition) is 1. The van der Waals surface area contributed by atoms with Gasteiger partial charge in [0.2, 0.25) is 10.0 Å². The average molecular weight is 335 g/mol. The lowest BCUT2D eigenvalue weighted by molar-refractivity contribution is 0.217. The number of sulfonamides is 1. The molecule has 0 radical (unpaired) electrons. The zero-order valence-corrected chi connectivity index (χ0v) is 13.2. The minimum atomic E-state index is -3.54. The van der Waals surface area contributed by atoms with E-state index in [0.717, 1.165) is 25.9 Å². The normalized spacial score (nSPS) is 27.5. The van der Waals surface area contributed by atoms with E-state index in [1.807, 2.05) is 0 Å². The molecule has 2 aliphatic rings. The third kappa shape index (κ3) is 2.57. The fourth-order valence-electron chi connectivity index (χ4n) is 3.14. The molecule has 0 spiro atoms. The van der Waals surface area contributed by atoms with E-state index < -0.39 is 10.0 Å². The monoisotopic (exact) mass is 334 g/mol. The Morgan fingerprint density at radius 3 is 2.55 bits per heavy atom. The third-order valence-corrected chi connectivity index (χ3v) is 6.41. The van der Waals surface area contributed by atoms with Gasteiger partial charge in [0, 0.05) is 29.2 Å². The van der Waals surface area contributed by atoms with Crippen molar-refractivity contribution in [2.75, 3.05) is 19.6 Å². The number of rotatable bonds is 2. The summed E-state index contributed by atoms with van der Waals surface area (Å²) in [4.78, 5) is 0.183. The first-order valence-corrected chi connectivity index (χ1v) is 8.87. The molecule has 0 aromatic heterocycles. The second kappa shape index (κ2) is 5.46. The highest BCUT2D eigenvalue weighted by atomic mass is 35.5. The van der Waals surface area contributed by atoms with Gasteiger partial charge in [0.15, 0.2) is 0 Å². The van der Waals surface area contributed by atoms with E-state index in [0.29, 0.717) is 22.5 Å². The van der Waals surface area contributed by atoms with Crippen LogP contribution in [-0.2, 0) is 10.0 Å². The van der Waals surface area contributed by atoms with Gasteiger partial charge in [0.1, 0.15) is 0 Å². The average Bonchev–Trinajstić information content (AvgIpc) is 2.85. The Bertz CT molecular complexity index is 601. The molecular formula is C13H16Cl2N2O2S. The molecule has 20 heavy (non-hydrogen) atoms. The first-order valence-electron chi connectivity index (χ1n) is 6.67. The van der Waals surface area contributed by atoms with Crippen molar-refractivity contribution in [3.05, 3.63) is 28.2 Å². The summed E-state index contributed by atoms with van der Waals surface area (Å²) in [5, 5.41) is 3.97. The number of hydrogen-bond acceptors (Lipinski definition) is 3. The summed E-state index contributed by atoms with van der Waals surface area (Å²) in [6, 6.07) is 4.52. The van der Waals surface area contributed by atoms with Gasteiger partial charge in [-0.05, 0) is 43.5 Å². The molecule has 1 N–H and O–H groups in total. The second-order valence-electron chi connectivity index (χ2n) is 5.35. The van der Waals surface area contributed by atoms with Gasteiger partial charge in [0.25, 0.3) is 0 Å². The molecule has 7 heteroatoms. The molecule has 3 rings (SSSR count). The molecule has 2 saturated heterocycles. The summed E-state index contributed by atoms with van der Waals surface area (Å²) >= 11 is 11.9. The summed E-state index contributed by atoms with van der Waals surface area (Å²) in [7, 11) is -3.54. The summed E-state index contributed by atoms with van der Waals surface area (Å²) < 4.78 is 27.2. The quantitative estimate of drug-likeness (QED) is 0.903. The van der Waals surface area contributed by atoms with Crippen LogP contribution in [0, 0.1) is 5.92 Å². The fraction of sp³-hybridized carbons (Fsp3) is 0.538. The smallest absolute Gasteiger partial charge is 0.243 e. The molecule has 2 unspecified atom stereocenters. The van der Waals surface area contributed by atoms with Gasteiger partial charge in [-0.15, -0.1) is 0 Å². The molecule has 0 saturated carbocycles. The predicted molar refractivity (Wildman–Crippen MR) is 79.7 cm³/mol. The van der Waals surface area contributed by atoms with Gasteiger partial charge in [-0.3, -0.25) is 0 Å². The summed E-state index contributed by atoms with van der Waals surface area (Å²) in [6.45, 7) is 2.18. The Hall–Kier alpha value is -0.330. The Labute approximate surface area is 129 Å². The minimum absolute atomic E-state index is 0.0477. The van der Waals surface area contributed by atoms with Crippen LogP contribution in [0.1, 0.15) is 12.8 Å². The van der Waals surface area contributed by atoms with Crippen molar-refractivity contribution >= 4 is 33.2 Å². The summed E-state index contributed by atoms with van der Waals surface area (Å²) in [6.07, 6.45) is 1.98. The SMILES string of the molecule is O=S(=O)(c1cc(Cl)cc(Cl)c1)N1CCCC2CNCC21. The van der Waals surface area contributed by atoms with Crippen LogP contribution in [0.4, 0.5) is 0 Å². The molecule has 0 bridgehead atoms. The zero-order valence-electron chi connectivity index (χ0n) is 10.9. The van der Waals surface area contributed by atoms with Crippen molar-refractivity contribution in [1.29, 1.82) is 0 Å². The van der Waals surface area contributed by atoms with Gasteiger partial charge < -0.3 is 5.32 Å². The lowest BCUT2D eigenvalue weighted by Gasteiger charge is -2.35. The van der Waals surface area contributed by atoms with E-state index in [1.165, 1.54) is 18.2 Å². The van der Waals surface area contributed by atoms with Crippen LogP contribution in [0.3, 0.4) is 0 Å². The molecule has 1 aromatic carbocycles. The lowest BCUT2D eigenvalue weighted by atomic mass is 9.94. The Morgan fingerprint density at radius 1 is 1.15 bits per heavy atom. The van der Waals surface area contributed by atoms with Crippen LogP contribution in [0.25, 0.3) is 0 Å². The van der Waals surface area contributed by atoms with Crippen molar-refractivity contribution in [1.82, 2.24) is 9.62 Å². The third-order valence-electron chi connectivity index (χ3n) is 4.07. The Morgan fingerprint density at radius 2 is 1.85 bits per heavy atom. The standard InChI is InChI=1S/C13H16Cl2N2O2S/c14-10-4-11(15)6-12(5-10)20(18,19)17-3-1-2-9-7-16-8-13(9)17/h4-6,9,13,16H,1-3,7-8H2. The van der Waals surface area contributed by atoms with E-state index in [1.54, 1.807) is 4.31 Å². The number of nitrogens with one attached hydrogen (secondary N) is 1. The number of fused-ring (bicyclic) bond motifs is 1. The van der Waals surface area contributed by atoms with Crippen LogP contribution in [0.2, 0.25) is 10.0 Å². The highest BCUT2D eigenvalue weighted by molar-refractivity contribution is 7.89. The van der Waals surface area contributed by atoms with Gasteiger partial charge in [-0.1, -0.05) is 23.2 Å². The number of piperidine rings is 1. The molecule has 4 nitrogen and oxygen atoms in total. The number of benzene rings is 1. The van der Waals surface area contributed by atoms with Crippen molar-refractivity contribution in [2.45, 2.75) is 23.8 Å². The van der Waals surface area contributed by atoms with E-state index >= 15 is 0 Å². The van der Waals surface area contributed by atoms with Gasteiger partial charge >= 0.3 is 0 Å². The van der Waals surface area contributed by atoms with Crippen LogP contribution >= 0.6 is 23.2 Å². The fourth-order valence-corrected chi connectivity index (χ4v) is 5.59. The molecule has 0 aliphatic carbocycles. The topological polar surface area (TPSA) is 49.4 Å². The van der Waals surface area contributed by atoms with Crippen LogP contribution in [0.15, 0.2) is 23.1 Å². The number of halogens is 2. The molecular weight excluding hydrogens is 319 g/mol. The summed E-state index contributed by atoms with van der Waals surface area (Å²) in [5.74, 6) is 0.410. The van der Waals surface area contributed by atoms with Gasteiger partial charge in [-0.25, -0.2) is 8.42 Å². The molecule has 2 fully saturated rings. The molecule has 0 amide bonds. The van der Waals surface area contributed by atoms with E-state index in [4.69, 9.17) is 23.2 Å². The number of nitrogens with zero attached hydrogens (tertiary/aromatic N) is 1. The highest BCUT2D eigenvalue weighted by Gasteiger charge is 2.41. The maximum absolute atomic E-state index is 12.8. The van der Waals surface area contributed by atoms with Crippen molar-refractivity contribution in [3.63, 3.8) is 0 Å². The van der Waals surface area contributed by atoms with Crippen LogP contribution < -0.4 is 5.32 Å². The van der Waals surface area contributed by atoms with E-state index in [9.17, 15) is 8.42 Å². The van der Waals surface area contributed by atoms with E-state index in [-0.39, 0.29) is 10.9 Å². The van der Waals surface area contributed by atoms with Gasteiger partial charge in [0.05, 0.1) is 4.90 Å². The lowest BCUT2D eigenvalue weighted by Crippen LogP contribution is -2.48. The van der Waals surface area contributed by atoms with E-state index in [2.05, 4.69) is 5.32 Å². The maximum Gasteiger partial charge on any atom is 0.243 e. The largest absolute Gasteiger partial charge is 0.315 e. The molecule has 110 valence electrons. The van der Waals surface area contributed by atoms with Crippen LogP contribution in [0.5, 0.6) is 0 Å². The van der Waals surface area contributed by atoms with Gasteiger partial charge in [-0.2, -0.15) is 4.31 Å². The second-order valence-corrected chi connectivity index (χ2v) is 8.11. The van der Waals surface area contributed by atoms with Crippen molar-refractivity contribution in [2.24, 2.45) is 5.92 Å². The van der Waals surface area contributed by atoms with Crippen molar-refractivity contribution < 1.29 is 8.42 Å². The molecule has 2 heterocycles. The van der Waals surface area contributed by atoms with Crippen LogP contribution in [-0.4, -0.2) is 38.4 Å². The highest BCUT2D eigenvalue weighted by Crippen LogP contribution is 2.32. The minimum Gasteiger partial charge on any atom is -0.315 e.